The molecule has 0 saturated carbocycles. The molecular weight excluding hydrogens is 416 g/mol. The molecule has 2 aliphatic heterocycles. The van der Waals surface area contributed by atoms with Gasteiger partial charge in [0.15, 0.2) is 12.6 Å². The highest BCUT2D eigenvalue weighted by Gasteiger charge is 2.53. The Morgan fingerprint density at radius 1 is 0.452 bits per heavy atom. The van der Waals surface area contributed by atoms with Gasteiger partial charge in [-0.15, -0.1) is 0 Å². The van der Waals surface area contributed by atoms with Crippen molar-refractivity contribution in [2.45, 2.75) is 61.4 Å². The molecule has 0 spiro atoms. The number of hydrogen-bond donors (Lipinski definition) is 0. The summed E-state index contributed by atoms with van der Waals surface area (Å²) in [7, 11) is 12.6. The van der Waals surface area contributed by atoms with Crippen LogP contribution in [0.4, 0.5) is 0 Å². The Balaban J connectivity index is 2.32. The molecule has 0 bridgehead atoms. The summed E-state index contributed by atoms with van der Waals surface area (Å²) in [6.45, 7) is 0.540. The molecule has 10 unspecified atom stereocenters. The summed E-state index contributed by atoms with van der Waals surface area (Å²) in [4.78, 5) is 0. The van der Waals surface area contributed by atoms with Crippen LogP contribution in [0.2, 0.25) is 0 Å². The van der Waals surface area contributed by atoms with Crippen molar-refractivity contribution >= 4 is 0 Å². The van der Waals surface area contributed by atoms with Crippen molar-refractivity contribution in [2.24, 2.45) is 0 Å². The number of hydrogen-bond acceptors (Lipinski definition) is 11. The highest BCUT2D eigenvalue weighted by molar-refractivity contribution is 4.96. The van der Waals surface area contributed by atoms with E-state index in [1.54, 1.807) is 56.9 Å². The first-order valence-corrected chi connectivity index (χ1v) is 10.2. The Morgan fingerprint density at radius 3 is 1.32 bits per heavy atom. The van der Waals surface area contributed by atoms with Crippen LogP contribution in [-0.4, -0.2) is 132 Å². The van der Waals surface area contributed by atoms with Gasteiger partial charge in [-0.25, -0.2) is 0 Å². The first-order valence-electron chi connectivity index (χ1n) is 10.2. The van der Waals surface area contributed by atoms with E-state index in [0.29, 0.717) is 0 Å². The second-order valence-corrected chi connectivity index (χ2v) is 7.33. The van der Waals surface area contributed by atoms with Crippen LogP contribution in [0.1, 0.15) is 0 Å². The van der Waals surface area contributed by atoms with Crippen molar-refractivity contribution in [3.05, 3.63) is 0 Å². The van der Waals surface area contributed by atoms with E-state index in [0.717, 1.165) is 0 Å². The Bertz CT molecular complexity index is 496. The first kappa shape index (κ1) is 26.8. The van der Waals surface area contributed by atoms with E-state index in [-0.39, 0.29) is 13.2 Å². The molecule has 0 N–H and O–H groups in total. The minimum Gasteiger partial charge on any atom is -0.382 e. The van der Waals surface area contributed by atoms with Gasteiger partial charge in [0.25, 0.3) is 0 Å². The second-order valence-electron chi connectivity index (χ2n) is 7.33. The van der Waals surface area contributed by atoms with Crippen LogP contribution in [0, 0.1) is 0 Å². The molecule has 2 fully saturated rings. The summed E-state index contributed by atoms with van der Waals surface area (Å²) in [6.07, 6.45) is -5.50. The fourth-order valence-corrected chi connectivity index (χ4v) is 4.29. The third-order valence-corrected chi connectivity index (χ3v) is 5.73. The molecule has 0 aliphatic carbocycles. The van der Waals surface area contributed by atoms with Crippen LogP contribution in [0.5, 0.6) is 0 Å². The number of ether oxygens (including phenoxy) is 11. The van der Waals surface area contributed by atoms with Gasteiger partial charge < -0.3 is 52.1 Å². The molecular formula is C20H38O11. The third-order valence-electron chi connectivity index (χ3n) is 5.73. The SMILES string of the molecule is COCC1OC(OC2C(COC)OC(OC)C(OC)C2OC)C(OC)C(OC)C1OC. The van der Waals surface area contributed by atoms with Crippen molar-refractivity contribution in [2.75, 3.05) is 70.1 Å². The Hall–Kier alpha value is -0.440. The fraction of sp³-hybridized carbons (Fsp3) is 1.00. The van der Waals surface area contributed by atoms with Crippen molar-refractivity contribution in [3.8, 4) is 0 Å². The van der Waals surface area contributed by atoms with Crippen LogP contribution in [-0.2, 0) is 52.1 Å². The van der Waals surface area contributed by atoms with Gasteiger partial charge in [-0.3, -0.25) is 0 Å². The van der Waals surface area contributed by atoms with Gasteiger partial charge in [0.05, 0.1) is 13.2 Å². The fourth-order valence-electron chi connectivity index (χ4n) is 4.29. The lowest BCUT2D eigenvalue weighted by Crippen LogP contribution is -2.66. The molecule has 11 heteroatoms. The van der Waals surface area contributed by atoms with Gasteiger partial charge in [0.1, 0.15) is 48.8 Å². The van der Waals surface area contributed by atoms with Gasteiger partial charge in [-0.05, 0) is 0 Å². The maximum absolute atomic E-state index is 6.43. The lowest BCUT2D eigenvalue weighted by atomic mass is 9.96. The van der Waals surface area contributed by atoms with Gasteiger partial charge in [0, 0.05) is 56.9 Å². The van der Waals surface area contributed by atoms with Gasteiger partial charge in [-0.1, -0.05) is 0 Å². The van der Waals surface area contributed by atoms with Crippen molar-refractivity contribution < 1.29 is 52.1 Å². The van der Waals surface area contributed by atoms with Crippen LogP contribution in [0.3, 0.4) is 0 Å². The number of methoxy groups -OCH3 is 8. The second kappa shape index (κ2) is 13.3. The molecule has 0 amide bonds. The summed E-state index contributed by atoms with van der Waals surface area (Å²) in [5.74, 6) is 0. The molecule has 0 aromatic carbocycles. The summed E-state index contributed by atoms with van der Waals surface area (Å²) in [6, 6.07) is 0. The molecule has 184 valence electrons. The molecule has 2 rings (SSSR count). The van der Waals surface area contributed by atoms with Gasteiger partial charge in [-0.2, -0.15) is 0 Å². The lowest BCUT2D eigenvalue weighted by molar-refractivity contribution is -0.365. The zero-order chi connectivity index (χ0) is 23.0. The molecule has 31 heavy (non-hydrogen) atoms. The Morgan fingerprint density at radius 2 is 0.871 bits per heavy atom. The zero-order valence-electron chi connectivity index (χ0n) is 19.7. The number of rotatable bonds is 12. The van der Waals surface area contributed by atoms with Gasteiger partial charge in [0.2, 0.25) is 0 Å². The average molecular weight is 455 g/mol. The Kier molecular flexibility index (Phi) is 11.5. The predicted octanol–water partition coefficient (Wildman–Crippen LogP) is -0.164. The third kappa shape index (κ3) is 5.92. The van der Waals surface area contributed by atoms with Crippen LogP contribution < -0.4 is 0 Å². The largest absolute Gasteiger partial charge is 0.382 e. The van der Waals surface area contributed by atoms with E-state index in [2.05, 4.69) is 0 Å². The molecule has 0 aromatic rings. The van der Waals surface area contributed by atoms with E-state index in [9.17, 15) is 0 Å². The van der Waals surface area contributed by atoms with Crippen LogP contribution in [0.15, 0.2) is 0 Å². The molecule has 11 nitrogen and oxygen atoms in total. The van der Waals surface area contributed by atoms with E-state index >= 15 is 0 Å². The minimum absolute atomic E-state index is 0.251. The monoisotopic (exact) mass is 454 g/mol. The molecule has 2 aliphatic rings. The van der Waals surface area contributed by atoms with E-state index in [4.69, 9.17) is 52.1 Å². The van der Waals surface area contributed by atoms with E-state index < -0.39 is 61.4 Å². The smallest absolute Gasteiger partial charge is 0.187 e. The summed E-state index contributed by atoms with van der Waals surface area (Å²) in [5.41, 5.74) is 0. The standard InChI is InChI=1S/C20H38O11/c1-21-9-11-13(23-3)15(24-4)18(27-7)20(30-11)31-14-12(10-22-2)29-19(28-8)17(26-6)16(14)25-5/h11-20H,9-10H2,1-8H3. The maximum Gasteiger partial charge on any atom is 0.187 e. The predicted molar refractivity (Wildman–Crippen MR) is 107 cm³/mol. The van der Waals surface area contributed by atoms with Crippen LogP contribution >= 0.6 is 0 Å². The molecule has 2 heterocycles. The normalized spacial score (nSPS) is 41.4. The summed E-state index contributed by atoms with van der Waals surface area (Å²) >= 11 is 0. The lowest BCUT2D eigenvalue weighted by Gasteiger charge is -2.49. The van der Waals surface area contributed by atoms with Crippen molar-refractivity contribution in [1.29, 1.82) is 0 Å². The van der Waals surface area contributed by atoms with Crippen molar-refractivity contribution in [1.82, 2.24) is 0 Å². The van der Waals surface area contributed by atoms with Gasteiger partial charge >= 0.3 is 0 Å². The highest BCUT2D eigenvalue weighted by Crippen LogP contribution is 2.33. The van der Waals surface area contributed by atoms with E-state index in [1.165, 1.54) is 0 Å². The molecule has 2 saturated heterocycles. The summed E-state index contributed by atoms with van der Waals surface area (Å²) < 4.78 is 63.2. The van der Waals surface area contributed by atoms with Crippen molar-refractivity contribution in [3.63, 3.8) is 0 Å². The highest BCUT2D eigenvalue weighted by atomic mass is 16.8. The maximum atomic E-state index is 6.43. The van der Waals surface area contributed by atoms with Crippen LogP contribution in [0.25, 0.3) is 0 Å². The van der Waals surface area contributed by atoms with E-state index in [1.807, 2.05) is 0 Å². The quantitative estimate of drug-likeness (QED) is 0.393. The molecule has 0 radical (unpaired) electrons. The molecule has 10 atom stereocenters. The summed E-state index contributed by atoms with van der Waals surface area (Å²) in [5, 5.41) is 0. The molecule has 0 aromatic heterocycles. The average Bonchev–Trinajstić information content (AvgIpc) is 2.79. The first-order chi connectivity index (χ1) is 15.0. The zero-order valence-corrected chi connectivity index (χ0v) is 19.7. The minimum atomic E-state index is -0.816. The Labute approximate surface area is 184 Å². The topological polar surface area (TPSA) is 102 Å².